The Morgan fingerprint density at radius 2 is 1.59 bits per heavy atom. The lowest BCUT2D eigenvalue weighted by molar-refractivity contribution is -0.123. The molecule has 2 rings (SSSR count). The zero-order valence-corrected chi connectivity index (χ0v) is 17.1. The van der Waals surface area contributed by atoms with Crippen LogP contribution in [-0.2, 0) is 29.9 Å². The van der Waals surface area contributed by atoms with Crippen molar-refractivity contribution < 1.29 is 27.5 Å². The van der Waals surface area contributed by atoms with Crippen molar-refractivity contribution in [1.82, 2.24) is 0 Å². The third-order valence-corrected chi connectivity index (χ3v) is 4.58. The summed E-state index contributed by atoms with van der Waals surface area (Å²) in [6.07, 6.45) is 0.0312. The number of nitrogens with one attached hydrogen (secondary N) is 2. The van der Waals surface area contributed by atoms with Gasteiger partial charge in [-0.1, -0.05) is 12.1 Å². The van der Waals surface area contributed by atoms with E-state index < -0.39 is 27.8 Å². The molecule has 0 heterocycles. The highest BCUT2D eigenvalue weighted by atomic mass is 32.2. The van der Waals surface area contributed by atoms with E-state index in [1.54, 1.807) is 36.4 Å². The van der Waals surface area contributed by atoms with Gasteiger partial charge in [0.1, 0.15) is 0 Å². The van der Waals surface area contributed by atoms with Crippen LogP contribution in [0.5, 0.6) is 0 Å². The van der Waals surface area contributed by atoms with Crippen LogP contribution in [0.4, 0.5) is 11.4 Å². The molecule has 2 aromatic carbocycles. The van der Waals surface area contributed by atoms with Crippen LogP contribution in [0.25, 0.3) is 0 Å². The molecule has 9 heteroatoms. The molecule has 2 N–H and O–H groups in total. The third kappa shape index (κ3) is 7.38. The van der Waals surface area contributed by atoms with E-state index >= 15 is 0 Å². The standard InChI is InChI=1S/C20H22N2O6S/c1-13(19(24)22-18-9-7-17(8-10-18)21-14(2)23)28-20(25)16-6-4-5-15(11-16)12-29(3,26)27/h4-11,13H,12H2,1-3H3,(H,21,23)(H,22,24)/t13-/m0/s1. The molecule has 0 aliphatic carbocycles. The van der Waals surface area contributed by atoms with E-state index in [1.165, 1.54) is 26.0 Å². The van der Waals surface area contributed by atoms with Gasteiger partial charge in [-0.05, 0) is 48.9 Å². The van der Waals surface area contributed by atoms with Gasteiger partial charge < -0.3 is 15.4 Å². The Morgan fingerprint density at radius 3 is 2.14 bits per heavy atom. The fraction of sp³-hybridized carbons (Fsp3) is 0.250. The first kappa shape index (κ1) is 22.1. The predicted octanol–water partition coefficient (Wildman–Crippen LogP) is 2.37. The van der Waals surface area contributed by atoms with Gasteiger partial charge in [-0.15, -0.1) is 0 Å². The predicted molar refractivity (Wildman–Crippen MR) is 109 cm³/mol. The molecule has 0 bridgehead atoms. The van der Waals surface area contributed by atoms with Crippen LogP contribution in [0.2, 0.25) is 0 Å². The van der Waals surface area contributed by atoms with Crippen molar-refractivity contribution in [1.29, 1.82) is 0 Å². The summed E-state index contributed by atoms with van der Waals surface area (Å²) in [5, 5.41) is 5.23. The Labute approximate surface area is 169 Å². The first-order valence-corrected chi connectivity index (χ1v) is 10.8. The Bertz CT molecular complexity index is 1020. The number of hydrogen-bond donors (Lipinski definition) is 2. The van der Waals surface area contributed by atoms with Gasteiger partial charge in [0.05, 0.1) is 11.3 Å². The summed E-state index contributed by atoms with van der Waals surface area (Å²) in [6.45, 7) is 2.82. The van der Waals surface area contributed by atoms with E-state index in [1.807, 2.05) is 0 Å². The minimum absolute atomic E-state index is 0.158. The zero-order chi connectivity index (χ0) is 21.6. The molecule has 154 valence electrons. The number of ether oxygens (including phenoxy) is 1. The molecule has 1 atom stereocenters. The Balaban J connectivity index is 1.97. The van der Waals surface area contributed by atoms with Crippen LogP contribution >= 0.6 is 0 Å². The molecule has 2 aromatic rings. The van der Waals surface area contributed by atoms with E-state index in [4.69, 9.17) is 4.74 Å². The summed E-state index contributed by atoms with van der Waals surface area (Å²) < 4.78 is 28.0. The smallest absolute Gasteiger partial charge is 0.338 e. The average molecular weight is 418 g/mol. The number of rotatable bonds is 7. The van der Waals surface area contributed by atoms with Gasteiger partial charge >= 0.3 is 5.97 Å². The summed E-state index contributed by atoms with van der Waals surface area (Å²) in [5.41, 5.74) is 1.68. The lowest BCUT2D eigenvalue weighted by Gasteiger charge is -2.14. The molecule has 2 amide bonds. The van der Waals surface area contributed by atoms with Crippen molar-refractivity contribution in [3.63, 3.8) is 0 Å². The maximum absolute atomic E-state index is 12.3. The van der Waals surface area contributed by atoms with E-state index in [0.717, 1.165) is 6.26 Å². The molecule has 0 aromatic heterocycles. The molecule has 0 aliphatic rings. The van der Waals surface area contributed by atoms with Crippen molar-refractivity contribution in [3.05, 3.63) is 59.7 Å². The van der Waals surface area contributed by atoms with Crippen molar-refractivity contribution in [2.24, 2.45) is 0 Å². The van der Waals surface area contributed by atoms with Gasteiger partial charge in [0, 0.05) is 24.6 Å². The number of carbonyl (C=O) groups excluding carboxylic acids is 3. The minimum Gasteiger partial charge on any atom is -0.449 e. The van der Waals surface area contributed by atoms with E-state index in [0.29, 0.717) is 16.9 Å². The van der Waals surface area contributed by atoms with Crippen molar-refractivity contribution >= 4 is 39.0 Å². The third-order valence-electron chi connectivity index (χ3n) is 3.72. The number of hydrogen-bond acceptors (Lipinski definition) is 6. The number of carbonyl (C=O) groups is 3. The van der Waals surface area contributed by atoms with Crippen LogP contribution in [0.15, 0.2) is 48.5 Å². The van der Waals surface area contributed by atoms with Gasteiger partial charge in [-0.2, -0.15) is 0 Å². The average Bonchev–Trinajstić information content (AvgIpc) is 2.61. The van der Waals surface area contributed by atoms with E-state index in [9.17, 15) is 22.8 Å². The normalized spacial score (nSPS) is 12.0. The summed E-state index contributed by atoms with van der Waals surface area (Å²) in [6, 6.07) is 12.5. The fourth-order valence-electron chi connectivity index (χ4n) is 2.46. The Kier molecular flexibility index (Phi) is 7.11. The first-order valence-electron chi connectivity index (χ1n) is 8.69. The number of anilines is 2. The molecule has 0 fully saturated rings. The number of amides is 2. The van der Waals surface area contributed by atoms with Gasteiger partial charge in [0.15, 0.2) is 15.9 Å². The van der Waals surface area contributed by atoms with Crippen LogP contribution in [0, 0.1) is 0 Å². The van der Waals surface area contributed by atoms with Crippen LogP contribution in [-0.4, -0.2) is 38.6 Å². The molecule has 8 nitrogen and oxygen atoms in total. The van der Waals surface area contributed by atoms with Gasteiger partial charge in [0.25, 0.3) is 5.91 Å². The number of esters is 1. The molecule has 0 saturated carbocycles. The molecule has 0 unspecified atom stereocenters. The van der Waals surface area contributed by atoms with Gasteiger partial charge in [0.2, 0.25) is 5.91 Å². The highest BCUT2D eigenvalue weighted by molar-refractivity contribution is 7.89. The maximum Gasteiger partial charge on any atom is 0.338 e. The molecule has 0 spiro atoms. The summed E-state index contributed by atoms with van der Waals surface area (Å²) in [5.74, 6) is -1.66. The maximum atomic E-state index is 12.3. The van der Waals surface area contributed by atoms with E-state index in [2.05, 4.69) is 10.6 Å². The molecule has 0 radical (unpaired) electrons. The lowest BCUT2D eigenvalue weighted by Crippen LogP contribution is -2.30. The summed E-state index contributed by atoms with van der Waals surface area (Å²) in [7, 11) is -3.24. The van der Waals surface area contributed by atoms with Gasteiger partial charge in [-0.3, -0.25) is 9.59 Å². The molecule has 0 saturated heterocycles. The second kappa shape index (κ2) is 9.33. The number of benzene rings is 2. The van der Waals surface area contributed by atoms with Crippen LogP contribution < -0.4 is 10.6 Å². The SMILES string of the molecule is CC(=O)Nc1ccc(NC(=O)[C@H](C)OC(=O)c2cccc(CS(C)(=O)=O)c2)cc1. The molecular formula is C20H22N2O6S. The van der Waals surface area contributed by atoms with Crippen molar-refractivity contribution in [3.8, 4) is 0 Å². The number of sulfone groups is 1. The van der Waals surface area contributed by atoms with Crippen molar-refractivity contribution in [2.45, 2.75) is 25.7 Å². The largest absolute Gasteiger partial charge is 0.449 e. The second-order valence-corrected chi connectivity index (χ2v) is 8.71. The second-order valence-electron chi connectivity index (χ2n) is 6.57. The quantitative estimate of drug-likeness (QED) is 0.667. The molecular weight excluding hydrogens is 396 g/mol. The van der Waals surface area contributed by atoms with Gasteiger partial charge in [-0.25, -0.2) is 13.2 Å². The minimum atomic E-state index is -3.24. The first-order chi connectivity index (χ1) is 13.5. The zero-order valence-electron chi connectivity index (χ0n) is 16.3. The molecule has 29 heavy (non-hydrogen) atoms. The van der Waals surface area contributed by atoms with Crippen molar-refractivity contribution in [2.75, 3.05) is 16.9 Å². The van der Waals surface area contributed by atoms with Crippen LogP contribution in [0.3, 0.4) is 0 Å². The fourth-order valence-corrected chi connectivity index (χ4v) is 3.24. The molecule has 0 aliphatic heterocycles. The van der Waals surface area contributed by atoms with Crippen LogP contribution in [0.1, 0.15) is 29.8 Å². The highest BCUT2D eigenvalue weighted by Gasteiger charge is 2.19. The topological polar surface area (TPSA) is 119 Å². The van der Waals surface area contributed by atoms with E-state index in [-0.39, 0.29) is 17.2 Å². The highest BCUT2D eigenvalue weighted by Crippen LogP contribution is 2.15. The Hall–Kier alpha value is -3.20. The summed E-state index contributed by atoms with van der Waals surface area (Å²) >= 11 is 0. The lowest BCUT2D eigenvalue weighted by atomic mass is 10.1. The Morgan fingerprint density at radius 1 is 1.00 bits per heavy atom. The monoisotopic (exact) mass is 418 g/mol. The summed E-state index contributed by atoms with van der Waals surface area (Å²) in [4.78, 5) is 35.6.